The quantitative estimate of drug-likeness (QED) is 0.550. The Bertz CT molecular complexity index is 712. The van der Waals surface area contributed by atoms with Gasteiger partial charge in [-0.2, -0.15) is 0 Å². The highest BCUT2D eigenvalue weighted by molar-refractivity contribution is 7.10. The first-order chi connectivity index (χ1) is 11.8. The molecule has 0 saturated heterocycles. The van der Waals surface area contributed by atoms with E-state index in [1.165, 1.54) is 0 Å². The number of rotatable bonds is 6. The van der Waals surface area contributed by atoms with Gasteiger partial charge in [-0.05, 0) is 29.0 Å². The van der Waals surface area contributed by atoms with Gasteiger partial charge in [-0.3, -0.25) is 4.79 Å². The number of thiophene rings is 1. The lowest BCUT2D eigenvalue weighted by molar-refractivity contribution is -0.150. The van der Waals surface area contributed by atoms with Gasteiger partial charge in [-0.25, -0.2) is 0 Å². The summed E-state index contributed by atoms with van der Waals surface area (Å²) < 4.78 is 5.89. The summed E-state index contributed by atoms with van der Waals surface area (Å²) in [4.78, 5) is 14.1. The normalized spacial score (nSPS) is 12.1. The van der Waals surface area contributed by atoms with Gasteiger partial charge in [0, 0.05) is 4.88 Å². The summed E-state index contributed by atoms with van der Waals surface area (Å²) in [6.45, 7) is 2.04. The molecule has 0 saturated carbocycles. The van der Waals surface area contributed by atoms with Crippen molar-refractivity contribution < 1.29 is 9.53 Å². The molecule has 0 fully saturated rings. The van der Waals surface area contributed by atoms with Crippen LogP contribution < -0.4 is 0 Å². The third-order valence-electron chi connectivity index (χ3n) is 3.99. The number of carbonyl (C=O) groups is 1. The first-order valence-electron chi connectivity index (χ1n) is 8.13. The molecule has 0 spiro atoms. The van der Waals surface area contributed by atoms with E-state index in [-0.39, 0.29) is 12.1 Å². The topological polar surface area (TPSA) is 26.3 Å². The van der Waals surface area contributed by atoms with Crippen LogP contribution in [0.3, 0.4) is 0 Å². The Kier molecular flexibility index (Phi) is 5.44. The van der Waals surface area contributed by atoms with E-state index in [2.05, 4.69) is 0 Å². The van der Waals surface area contributed by atoms with Gasteiger partial charge in [-0.15, -0.1) is 11.3 Å². The van der Waals surface area contributed by atoms with Crippen molar-refractivity contribution in [3.8, 4) is 0 Å². The number of hydrogen-bond donors (Lipinski definition) is 0. The van der Waals surface area contributed by atoms with Crippen LogP contribution in [0, 0.1) is 0 Å². The second-order valence-corrected chi connectivity index (χ2v) is 6.58. The van der Waals surface area contributed by atoms with Gasteiger partial charge >= 0.3 is 5.97 Å². The van der Waals surface area contributed by atoms with Crippen molar-refractivity contribution in [3.63, 3.8) is 0 Å². The van der Waals surface area contributed by atoms with Crippen molar-refractivity contribution in [3.05, 3.63) is 94.2 Å². The SMILES string of the molecule is CC[C@@H](OC(=O)C(c1ccccc1)c1ccccc1)c1cccs1. The van der Waals surface area contributed by atoms with E-state index in [0.29, 0.717) is 0 Å². The summed E-state index contributed by atoms with van der Waals surface area (Å²) in [5.74, 6) is -0.603. The third-order valence-corrected chi connectivity index (χ3v) is 4.96. The minimum atomic E-state index is -0.401. The number of hydrogen-bond acceptors (Lipinski definition) is 3. The van der Waals surface area contributed by atoms with Crippen LogP contribution in [0.1, 0.15) is 41.4 Å². The summed E-state index contributed by atoms with van der Waals surface area (Å²) in [5, 5.41) is 2.01. The van der Waals surface area contributed by atoms with E-state index in [1.807, 2.05) is 85.1 Å². The molecule has 3 heteroatoms. The molecule has 1 atom stereocenters. The van der Waals surface area contributed by atoms with Crippen LogP contribution in [0.4, 0.5) is 0 Å². The summed E-state index contributed by atoms with van der Waals surface area (Å²) in [6.07, 6.45) is 0.579. The Balaban J connectivity index is 1.89. The molecule has 122 valence electrons. The number of esters is 1. The lowest BCUT2D eigenvalue weighted by Crippen LogP contribution is -2.19. The molecule has 1 heterocycles. The first kappa shape index (κ1) is 16.5. The van der Waals surface area contributed by atoms with Crippen molar-refractivity contribution in [1.82, 2.24) is 0 Å². The van der Waals surface area contributed by atoms with E-state index in [4.69, 9.17) is 4.74 Å². The van der Waals surface area contributed by atoms with E-state index in [9.17, 15) is 4.79 Å². The van der Waals surface area contributed by atoms with Gasteiger partial charge in [0.25, 0.3) is 0 Å². The zero-order chi connectivity index (χ0) is 16.8. The second-order valence-electron chi connectivity index (χ2n) is 5.60. The fourth-order valence-corrected chi connectivity index (χ4v) is 3.62. The molecule has 3 aromatic rings. The molecular weight excluding hydrogens is 316 g/mol. The van der Waals surface area contributed by atoms with Gasteiger partial charge < -0.3 is 4.74 Å². The van der Waals surface area contributed by atoms with Crippen LogP contribution in [0.5, 0.6) is 0 Å². The molecule has 0 radical (unpaired) electrons. The van der Waals surface area contributed by atoms with Crippen molar-refractivity contribution in [2.24, 2.45) is 0 Å². The van der Waals surface area contributed by atoms with E-state index in [0.717, 1.165) is 22.4 Å². The van der Waals surface area contributed by atoms with Crippen LogP contribution in [0.2, 0.25) is 0 Å². The summed E-state index contributed by atoms with van der Waals surface area (Å²) in [6, 6.07) is 23.6. The standard InChI is InChI=1S/C21H20O2S/c1-2-18(19-14-9-15-24-19)23-21(22)20(16-10-5-3-6-11-16)17-12-7-4-8-13-17/h3-15,18,20H,2H2,1H3/t18-/m1/s1. The van der Waals surface area contributed by atoms with Gasteiger partial charge in [0.15, 0.2) is 0 Å². The van der Waals surface area contributed by atoms with Crippen LogP contribution >= 0.6 is 11.3 Å². The van der Waals surface area contributed by atoms with Crippen LogP contribution in [0.15, 0.2) is 78.2 Å². The zero-order valence-electron chi connectivity index (χ0n) is 13.6. The van der Waals surface area contributed by atoms with E-state index in [1.54, 1.807) is 11.3 Å². The minimum absolute atomic E-state index is 0.188. The van der Waals surface area contributed by atoms with Gasteiger partial charge in [0.05, 0.1) is 0 Å². The van der Waals surface area contributed by atoms with E-state index < -0.39 is 5.92 Å². The maximum Gasteiger partial charge on any atom is 0.318 e. The lowest BCUT2D eigenvalue weighted by atomic mass is 9.91. The molecule has 0 aliphatic rings. The van der Waals surface area contributed by atoms with Crippen molar-refractivity contribution in [2.75, 3.05) is 0 Å². The molecule has 2 aromatic carbocycles. The number of carbonyl (C=O) groups excluding carboxylic acids is 1. The largest absolute Gasteiger partial charge is 0.456 e. The summed E-state index contributed by atoms with van der Waals surface area (Å²) in [7, 11) is 0. The Morgan fingerprint density at radius 1 is 0.917 bits per heavy atom. The van der Waals surface area contributed by atoms with E-state index >= 15 is 0 Å². The third kappa shape index (κ3) is 3.74. The Morgan fingerprint density at radius 3 is 1.96 bits per heavy atom. The molecule has 3 rings (SSSR count). The van der Waals surface area contributed by atoms with Crippen LogP contribution in [0.25, 0.3) is 0 Å². The lowest BCUT2D eigenvalue weighted by Gasteiger charge is -2.21. The second kappa shape index (κ2) is 7.93. The molecule has 0 amide bonds. The van der Waals surface area contributed by atoms with Gasteiger partial charge in [-0.1, -0.05) is 73.7 Å². The fourth-order valence-electron chi connectivity index (χ4n) is 2.78. The summed E-state index contributed by atoms with van der Waals surface area (Å²) >= 11 is 1.62. The Morgan fingerprint density at radius 2 is 1.50 bits per heavy atom. The zero-order valence-corrected chi connectivity index (χ0v) is 14.4. The molecule has 0 aliphatic heterocycles. The maximum absolute atomic E-state index is 13.0. The van der Waals surface area contributed by atoms with Crippen LogP contribution in [-0.2, 0) is 9.53 Å². The first-order valence-corrected chi connectivity index (χ1v) is 9.01. The summed E-state index contributed by atoms with van der Waals surface area (Å²) in [5.41, 5.74) is 1.91. The molecule has 0 aliphatic carbocycles. The highest BCUT2D eigenvalue weighted by atomic mass is 32.1. The monoisotopic (exact) mass is 336 g/mol. The molecule has 0 unspecified atom stereocenters. The predicted octanol–water partition coefficient (Wildman–Crippen LogP) is 5.57. The Hall–Kier alpha value is -2.39. The number of ether oxygens (including phenoxy) is 1. The van der Waals surface area contributed by atoms with Crippen molar-refractivity contribution in [2.45, 2.75) is 25.4 Å². The maximum atomic E-state index is 13.0. The molecule has 0 bridgehead atoms. The van der Waals surface area contributed by atoms with Gasteiger partial charge in [0.2, 0.25) is 0 Å². The Labute approximate surface area is 146 Å². The molecular formula is C21H20O2S. The molecule has 24 heavy (non-hydrogen) atoms. The molecule has 0 N–H and O–H groups in total. The average molecular weight is 336 g/mol. The highest BCUT2D eigenvalue weighted by Gasteiger charge is 2.27. The predicted molar refractivity (Wildman–Crippen MR) is 98.2 cm³/mol. The highest BCUT2D eigenvalue weighted by Crippen LogP contribution is 2.31. The minimum Gasteiger partial charge on any atom is -0.456 e. The van der Waals surface area contributed by atoms with Crippen molar-refractivity contribution >= 4 is 17.3 Å². The average Bonchev–Trinajstić information content (AvgIpc) is 3.16. The number of benzene rings is 2. The van der Waals surface area contributed by atoms with Gasteiger partial charge in [0.1, 0.15) is 12.0 Å². The smallest absolute Gasteiger partial charge is 0.318 e. The van der Waals surface area contributed by atoms with Crippen molar-refractivity contribution in [1.29, 1.82) is 0 Å². The fraction of sp³-hybridized carbons (Fsp3) is 0.190. The molecule has 2 nitrogen and oxygen atoms in total. The van der Waals surface area contributed by atoms with Crippen LogP contribution in [-0.4, -0.2) is 5.97 Å². The molecule has 1 aromatic heterocycles.